The van der Waals surface area contributed by atoms with E-state index in [1.807, 2.05) is 0 Å². The van der Waals surface area contributed by atoms with E-state index < -0.39 is 17.8 Å². The SMILES string of the molecule is CCOc1ccc(C(=O)O)cc1/C=N\NC(=O)C(=O)Nc1ccccc1OCC. The molecule has 2 aromatic rings. The first kappa shape index (κ1) is 21.4. The van der Waals surface area contributed by atoms with Gasteiger partial charge < -0.3 is 19.9 Å². The van der Waals surface area contributed by atoms with E-state index >= 15 is 0 Å². The summed E-state index contributed by atoms with van der Waals surface area (Å²) in [5.74, 6) is -2.21. The average molecular weight is 399 g/mol. The van der Waals surface area contributed by atoms with E-state index in [0.29, 0.717) is 36.0 Å². The Morgan fingerprint density at radius 3 is 2.38 bits per heavy atom. The fourth-order valence-electron chi connectivity index (χ4n) is 2.31. The summed E-state index contributed by atoms with van der Waals surface area (Å²) in [7, 11) is 0. The molecule has 0 atom stereocenters. The number of aromatic carboxylic acids is 1. The van der Waals surface area contributed by atoms with Crippen LogP contribution < -0.4 is 20.2 Å². The molecule has 0 radical (unpaired) electrons. The molecule has 2 amide bonds. The van der Waals surface area contributed by atoms with Crippen LogP contribution in [0.5, 0.6) is 11.5 Å². The zero-order valence-corrected chi connectivity index (χ0v) is 16.0. The third-order valence-corrected chi connectivity index (χ3v) is 3.57. The van der Waals surface area contributed by atoms with Gasteiger partial charge in [0.25, 0.3) is 0 Å². The van der Waals surface area contributed by atoms with Gasteiger partial charge in [-0.25, -0.2) is 10.2 Å². The molecule has 0 aliphatic carbocycles. The molecule has 0 unspecified atom stereocenters. The van der Waals surface area contributed by atoms with Crippen molar-refractivity contribution in [2.24, 2.45) is 5.10 Å². The average Bonchev–Trinajstić information content (AvgIpc) is 2.70. The first-order valence-corrected chi connectivity index (χ1v) is 8.82. The molecule has 0 bridgehead atoms. The Bertz CT molecular complexity index is 926. The summed E-state index contributed by atoms with van der Waals surface area (Å²) in [5, 5.41) is 15.3. The molecular formula is C20H21N3O6. The predicted octanol–water partition coefficient (Wildman–Crippen LogP) is 2.27. The van der Waals surface area contributed by atoms with Crippen LogP contribution in [0.15, 0.2) is 47.6 Å². The minimum atomic E-state index is -1.11. The first-order chi connectivity index (χ1) is 14.0. The lowest BCUT2D eigenvalue weighted by molar-refractivity contribution is -0.136. The quantitative estimate of drug-likeness (QED) is 0.355. The number of nitrogens with one attached hydrogen (secondary N) is 2. The minimum absolute atomic E-state index is 0.0338. The monoisotopic (exact) mass is 399 g/mol. The largest absolute Gasteiger partial charge is 0.493 e. The molecular weight excluding hydrogens is 378 g/mol. The maximum atomic E-state index is 12.1. The Morgan fingerprint density at radius 2 is 1.69 bits per heavy atom. The predicted molar refractivity (Wildman–Crippen MR) is 107 cm³/mol. The van der Waals surface area contributed by atoms with Crippen LogP contribution in [0.25, 0.3) is 0 Å². The molecule has 0 fully saturated rings. The molecule has 0 heterocycles. The lowest BCUT2D eigenvalue weighted by atomic mass is 10.1. The zero-order chi connectivity index (χ0) is 21.2. The van der Waals surface area contributed by atoms with Gasteiger partial charge in [-0.1, -0.05) is 12.1 Å². The number of carboxylic acid groups (broad SMARTS) is 1. The number of hydrogen-bond donors (Lipinski definition) is 3. The molecule has 2 aromatic carbocycles. The van der Waals surface area contributed by atoms with E-state index in [0.717, 1.165) is 0 Å². The second-order valence-electron chi connectivity index (χ2n) is 5.57. The topological polar surface area (TPSA) is 126 Å². The van der Waals surface area contributed by atoms with Gasteiger partial charge in [0.1, 0.15) is 11.5 Å². The number of benzene rings is 2. The molecule has 0 saturated carbocycles. The fourth-order valence-corrected chi connectivity index (χ4v) is 2.31. The summed E-state index contributed by atoms with van der Waals surface area (Å²) in [6, 6.07) is 10.9. The highest BCUT2D eigenvalue weighted by atomic mass is 16.5. The van der Waals surface area contributed by atoms with Gasteiger partial charge in [0.2, 0.25) is 0 Å². The molecule has 0 spiro atoms. The van der Waals surface area contributed by atoms with Gasteiger partial charge in [0.15, 0.2) is 0 Å². The normalized spacial score (nSPS) is 10.4. The third kappa shape index (κ3) is 6.06. The van der Waals surface area contributed by atoms with Crippen molar-refractivity contribution >= 4 is 29.7 Å². The van der Waals surface area contributed by atoms with Crippen LogP contribution in [-0.2, 0) is 9.59 Å². The van der Waals surface area contributed by atoms with Gasteiger partial charge in [-0.05, 0) is 44.2 Å². The molecule has 9 nitrogen and oxygen atoms in total. The van der Waals surface area contributed by atoms with Crippen molar-refractivity contribution in [3.05, 3.63) is 53.6 Å². The molecule has 29 heavy (non-hydrogen) atoms. The van der Waals surface area contributed by atoms with Crippen molar-refractivity contribution in [2.45, 2.75) is 13.8 Å². The molecule has 0 aliphatic rings. The van der Waals surface area contributed by atoms with E-state index in [1.54, 1.807) is 38.1 Å². The molecule has 2 rings (SSSR count). The summed E-state index contributed by atoms with van der Waals surface area (Å²) in [6.07, 6.45) is 1.21. The smallest absolute Gasteiger partial charge is 0.335 e. The zero-order valence-electron chi connectivity index (χ0n) is 16.0. The molecule has 152 valence electrons. The number of anilines is 1. The summed E-state index contributed by atoms with van der Waals surface area (Å²) in [5.41, 5.74) is 2.82. The van der Waals surface area contributed by atoms with Crippen molar-refractivity contribution in [1.29, 1.82) is 0 Å². The number of hydrazone groups is 1. The Hall–Kier alpha value is -3.88. The molecule has 9 heteroatoms. The molecule has 0 aliphatic heterocycles. The highest BCUT2D eigenvalue weighted by molar-refractivity contribution is 6.39. The van der Waals surface area contributed by atoms with E-state index in [4.69, 9.17) is 14.6 Å². The van der Waals surface area contributed by atoms with Gasteiger partial charge in [0.05, 0.1) is 30.7 Å². The van der Waals surface area contributed by atoms with E-state index in [-0.39, 0.29) is 5.56 Å². The van der Waals surface area contributed by atoms with Crippen LogP contribution in [0, 0.1) is 0 Å². The number of carboxylic acids is 1. The highest BCUT2D eigenvalue weighted by Crippen LogP contribution is 2.23. The van der Waals surface area contributed by atoms with Gasteiger partial charge in [-0.2, -0.15) is 5.10 Å². The number of ether oxygens (including phenoxy) is 2. The highest BCUT2D eigenvalue weighted by Gasteiger charge is 2.15. The van der Waals surface area contributed by atoms with Crippen molar-refractivity contribution in [2.75, 3.05) is 18.5 Å². The van der Waals surface area contributed by atoms with Crippen molar-refractivity contribution < 1.29 is 29.0 Å². The number of carbonyl (C=O) groups excluding carboxylic acids is 2. The Kier molecular flexibility index (Phi) is 7.72. The fraction of sp³-hybridized carbons (Fsp3) is 0.200. The molecule has 3 N–H and O–H groups in total. The van der Waals surface area contributed by atoms with E-state index in [2.05, 4.69) is 15.8 Å². The minimum Gasteiger partial charge on any atom is -0.493 e. The maximum Gasteiger partial charge on any atom is 0.335 e. The third-order valence-electron chi connectivity index (χ3n) is 3.57. The van der Waals surface area contributed by atoms with Crippen LogP contribution in [0.4, 0.5) is 5.69 Å². The maximum absolute atomic E-state index is 12.1. The summed E-state index contributed by atoms with van der Waals surface area (Å²) in [6.45, 7) is 4.34. The number of amides is 2. The number of rotatable bonds is 8. The van der Waals surface area contributed by atoms with Crippen molar-refractivity contribution in [3.63, 3.8) is 0 Å². The Morgan fingerprint density at radius 1 is 1.00 bits per heavy atom. The molecule has 0 saturated heterocycles. The lowest BCUT2D eigenvalue weighted by Gasteiger charge is -2.10. The lowest BCUT2D eigenvalue weighted by Crippen LogP contribution is -2.32. The summed E-state index contributed by atoms with van der Waals surface area (Å²) < 4.78 is 10.8. The van der Waals surface area contributed by atoms with Crippen LogP contribution in [0.1, 0.15) is 29.8 Å². The van der Waals surface area contributed by atoms with Crippen LogP contribution >= 0.6 is 0 Å². The van der Waals surface area contributed by atoms with Gasteiger partial charge in [-0.15, -0.1) is 0 Å². The van der Waals surface area contributed by atoms with Gasteiger partial charge in [-0.3, -0.25) is 9.59 Å². The van der Waals surface area contributed by atoms with E-state index in [9.17, 15) is 14.4 Å². The van der Waals surface area contributed by atoms with Crippen LogP contribution in [0.2, 0.25) is 0 Å². The van der Waals surface area contributed by atoms with Gasteiger partial charge in [0, 0.05) is 5.56 Å². The Balaban J connectivity index is 2.06. The van der Waals surface area contributed by atoms with Crippen LogP contribution in [-0.4, -0.2) is 42.3 Å². The van der Waals surface area contributed by atoms with Gasteiger partial charge >= 0.3 is 17.8 Å². The van der Waals surface area contributed by atoms with Crippen molar-refractivity contribution in [1.82, 2.24) is 5.43 Å². The number of nitrogens with zero attached hydrogens (tertiary/aromatic N) is 1. The second-order valence-corrected chi connectivity index (χ2v) is 5.57. The first-order valence-electron chi connectivity index (χ1n) is 8.82. The second kappa shape index (κ2) is 10.5. The van der Waals surface area contributed by atoms with Crippen molar-refractivity contribution in [3.8, 4) is 11.5 Å². The standard InChI is InChI=1S/C20H21N3O6/c1-3-28-16-10-9-13(20(26)27)11-14(16)12-21-23-19(25)18(24)22-15-7-5-6-8-17(15)29-4-2/h5-12H,3-4H2,1-2H3,(H,22,24)(H,23,25)(H,26,27)/b21-12-. The number of hydrogen-bond acceptors (Lipinski definition) is 6. The number of para-hydroxylation sites is 2. The Labute approximate surface area is 167 Å². The van der Waals surface area contributed by atoms with E-state index in [1.165, 1.54) is 24.4 Å². The van der Waals surface area contributed by atoms with Crippen LogP contribution in [0.3, 0.4) is 0 Å². The molecule has 0 aromatic heterocycles. The summed E-state index contributed by atoms with van der Waals surface area (Å²) >= 11 is 0. The number of carbonyl (C=O) groups is 3. The summed E-state index contributed by atoms with van der Waals surface area (Å²) in [4.78, 5) is 35.2.